The molecule has 0 bridgehead atoms. The molecular weight excluding hydrogens is 440 g/mol. The minimum Gasteiger partial charge on any atom is -0.497 e. The van der Waals surface area contributed by atoms with Crippen LogP contribution in [0.25, 0.3) is 0 Å². The molecule has 1 heterocycles. The van der Waals surface area contributed by atoms with E-state index < -0.39 is 21.7 Å². The van der Waals surface area contributed by atoms with Crippen LogP contribution in [0.2, 0.25) is 0 Å². The highest BCUT2D eigenvalue weighted by atomic mass is 32.2. The molecule has 0 fully saturated rings. The molecule has 0 aromatic heterocycles. The molecule has 0 spiro atoms. The molecule has 0 radical (unpaired) electrons. The van der Waals surface area contributed by atoms with Crippen LogP contribution >= 0.6 is 0 Å². The maximum atomic E-state index is 13.6. The average Bonchev–Trinajstić information content (AvgIpc) is 2.70. The second-order valence-corrected chi connectivity index (χ2v) is 12.3. The van der Waals surface area contributed by atoms with Crippen LogP contribution in [0.5, 0.6) is 11.5 Å². The van der Waals surface area contributed by atoms with Gasteiger partial charge in [-0.1, -0.05) is 26.8 Å². The Morgan fingerprint density at radius 2 is 1.76 bits per heavy atom. The summed E-state index contributed by atoms with van der Waals surface area (Å²) >= 11 is 0. The smallest absolute Gasteiger partial charge is 0.264 e. The molecule has 1 aliphatic heterocycles. The normalized spacial score (nSPS) is 16.6. The molecule has 7 nitrogen and oxygen atoms in total. The topological polar surface area (TPSA) is 84.9 Å². The van der Waals surface area contributed by atoms with E-state index in [-0.39, 0.29) is 22.8 Å². The van der Waals surface area contributed by atoms with E-state index >= 15 is 0 Å². The number of hydrogen-bond donors (Lipinski definition) is 1. The van der Waals surface area contributed by atoms with Crippen LogP contribution in [0.4, 0.5) is 5.69 Å². The Bertz CT molecular complexity index is 1120. The zero-order valence-electron chi connectivity index (χ0n) is 20.4. The van der Waals surface area contributed by atoms with E-state index in [1.54, 1.807) is 24.3 Å². The summed E-state index contributed by atoms with van der Waals surface area (Å²) in [7, 11) is -2.42. The van der Waals surface area contributed by atoms with Crippen LogP contribution in [0.1, 0.15) is 46.6 Å². The number of sulfonamides is 1. The van der Waals surface area contributed by atoms with Gasteiger partial charge in [0, 0.05) is 5.54 Å². The van der Waals surface area contributed by atoms with Crippen molar-refractivity contribution in [1.29, 1.82) is 0 Å². The van der Waals surface area contributed by atoms with Crippen LogP contribution in [-0.4, -0.2) is 39.6 Å². The lowest BCUT2D eigenvalue weighted by Crippen LogP contribution is -2.55. The number of benzene rings is 2. The third kappa shape index (κ3) is 5.79. The Morgan fingerprint density at radius 1 is 1.12 bits per heavy atom. The molecule has 1 N–H and O–H groups in total. The molecule has 1 atom stereocenters. The van der Waals surface area contributed by atoms with Crippen LogP contribution in [0, 0.1) is 12.3 Å². The van der Waals surface area contributed by atoms with Gasteiger partial charge < -0.3 is 14.8 Å². The Hall–Kier alpha value is -2.74. The zero-order valence-corrected chi connectivity index (χ0v) is 21.2. The van der Waals surface area contributed by atoms with Gasteiger partial charge in [-0.2, -0.15) is 0 Å². The Kier molecular flexibility index (Phi) is 6.71. The number of nitrogens with one attached hydrogen (secondary N) is 1. The van der Waals surface area contributed by atoms with E-state index in [4.69, 9.17) is 9.47 Å². The Balaban J connectivity index is 1.95. The van der Waals surface area contributed by atoms with Gasteiger partial charge in [0.2, 0.25) is 0 Å². The molecular formula is C25H34N2O5S. The molecule has 180 valence electrons. The number of fused-ring (bicyclic) bond motifs is 1. The first kappa shape index (κ1) is 24.9. The summed E-state index contributed by atoms with van der Waals surface area (Å²) in [5.74, 6) is 0.577. The first-order valence-electron chi connectivity index (χ1n) is 11.0. The SMILES string of the molecule is COc1ccc(S(=O)(=O)N2CC(C(=O)NC(C)(C)CC(C)(C)C)Oc3ccc(C)cc32)cc1. The van der Waals surface area contributed by atoms with Gasteiger partial charge in [0.25, 0.3) is 15.9 Å². The number of amides is 1. The first-order chi connectivity index (χ1) is 15.2. The lowest BCUT2D eigenvalue weighted by molar-refractivity contribution is -0.129. The molecule has 1 aliphatic rings. The van der Waals surface area contributed by atoms with Gasteiger partial charge in [-0.3, -0.25) is 9.10 Å². The van der Waals surface area contributed by atoms with Crippen LogP contribution in [-0.2, 0) is 14.8 Å². The summed E-state index contributed by atoms with van der Waals surface area (Å²) in [5, 5.41) is 3.05. The zero-order chi connectivity index (χ0) is 24.6. The van der Waals surface area contributed by atoms with E-state index in [9.17, 15) is 13.2 Å². The van der Waals surface area contributed by atoms with Crippen molar-refractivity contribution < 1.29 is 22.7 Å². The summed E-state index contributed by atoms with van der Waals surface area (Å²) in [6.07, 6.45) is -0.227. The minimum absolute atomic E-state index is 0.0120. The van der Waals surface area contributed by atoms with E-state index in [0.29, 0.717) is 17.2 Å². The quantitative estimate of drug-likeness (QED) is 0.675. The van der Waals surface area contributed by atoms with Gasteiger partial charge in [-0.05, 0) is 74.6 Å². The summed E-state index contributed by atoms with van der Waals surface area (Å²) in [5.41, 5.74) is 0.842. The first-order valence-corrected chi connectivity index (χ1v) is 12.4. The van der Waals surface area contributed by atoms with E-state index in [0.717, 1.165) is 12.0 Å². The number of aryl methyl sites for hydroxylation is 1. The summed E-state index contributed by atoms with van der Waals surface area (Å²) in [4.78, 5) is 13.3. The maximum Gasteiger partial charge on any atom is 0.264 e. The molecule has 1 unspecified atom stereocenters. The maximum absolute atomic E-state index is 13.6. The standard InChI is InChI=1S/C25H34N2O5S/c1-17-8-13-21-20(14-17)27(33(29,30)19-11-9-18(31-7)10-12-19)15-22(32-21)23(28)26-25(5,6)16-24(2,3)4/h8-14,22H,15-16H2,1-7H3,(H,26,28). The second kappa shape index (κ2) is 8.89. The van der Waals surface area contributed by atoms with Crippen LogP contribution < -0.4 is 19.1 Å². The molecule has 8 heteroatoms. The average molecular weight is 475 g/mol. The number of nitrogens with zero attached hydrogens (tertiary/aromatic N) is 1. The summed E-state index contributed by atoms with van der Waals surface area (Å²) in [6.45, 7) is 12.0. The molecule has 0 aliphatic carbocycles. The van der Waals surface area contributed by atoms with Gasteiger partial charge in [0.1, 0.15) is 11.5 Å². The predicted molar refractivity (Wildman–Crippen MR) is 129 cm³/mol. The van der Waals surface area contributed by atoms with E-state index in [1.807, 2.05) is 26.8 Å². The number of ether oxygens (including phenoxy) is 2. The monoisotopic (exact) mass is 474 g/mol. The van der Waals surface area contributed by atoms with E-state index in [1.165, 1.54) is 23.5 Å². The number of hydrogen-bond acceptors (Lipinski definition) is 5. The van der Waals surface area contributed by atoms with Crippen LogP contribution in [0.3, 0.4) is 0 Å². The minimum atomic E-state index is -3.94. The van der Waals surface area contributed by atoms with Gasteiger partial charge in [-0.15, -0.1) is 0 Å². The van der Waals surface area contributed by atoms with Crippen molar-refractivity contribution in [2.75, 3.05) is 18.0 Å². The van der Waals surface area contributed by atoms with Crippen molar-refractivity contribution in [2.24, 2.45) is 5.41 Å². The molecule has 0 saturated heterocycles. The number of anilines is 1. The largest absolute Gasteiger partial charge is 0.497 e. The molecule has 1 amide bonds. The second-order valence-electron chi connectivity index (χ2n) is 10.4. The molecule has 3 rings (SSSR count). The number of methoxy groups -OCH3 is 1. The Labute approximate surface area is 197 Å². The molecule has 2 aromatic carbocycles. The van der Waals surface area contributed by atoms with Gasteiger partial charge in [0.15, 0.2) is 6.10 Å². The Morgan fingerprint density at radius 3 is 2.33 bits per heavy atom. The van der Waals surface area contributed by atoms with Gasteiger partial charge >= 0.3 is 0 Å². The van der Waals surface area contributed by atoms with Crippen molar-refractivity contribution in [3.8, 4) is 11.5 Å². The van der Waals surface area contributed by atoms with Crippen molar-refractivity contribution >= 4 is 21.6 Å². The highest BCUT2D eigenvalue weighted by Gasteiger charge is 2.39. The third-order valence-corrected chi connectivity index (χ3v) is 7.15. The number of carbonyl (C=O) groups is 1. The number of rotatable bonds is 6. The van der Waals surface area contributed by atoms with Gasteiger partial charge in [0.05, 0.1) is 24.2 Å². The summed E-state index contributed by atoms with van der Waals surface area (Å²) in [6, 6.07) is 11.5. The van der Waals surface area contributed by atoms with Gasteiger partial charge in [-0.25, -0.2) is 8.42 Å². The third-order valence-electron chi connectivity index (χ3n) is 5.36. The van der Waals surface area contributed by atoms with Crippen LogP contribution in [0.15, 0.2) is 47.4 Å². The fraction of sp³-hybridized carbons (Fsp3) is 0.480. The van der Waals surface area contributed by atoms with Crippen molar-refractivity contribution in [3.05, 3.63) is 48.0 Å². The summed E-state index contributed by atoms with van der Waals surface area (Å²) < 4.78 is 39.6. The lowest BCUT2D eigenvalue weighted by atomic mass is 9.81. The molecule has 33 heavy (non-hydrogen) atoms. The highest BCUT2D eigenvalue weighted by Crippen LogP contribution is 2.38. The van der Waals surface area contributed by atoms with E-state index in [2.05, 4.69) is 26.1 Å². The molecule has 0 saturated carbocycles. The predicted octanol–water partition coefficient (Wildman–Crippen LogP) is 4.29. The lowest BCUT2D eigenvalue weighted by Gasteiger charge is -2.38. The van der Waals surface area contributed by atoms with Crippen molar-refractivity contribution in [3.63, 3.8) is 0 Å². The number of carbonyl (C=O) groups excluding carboxylic acids is 1. The highest BCUT2D eigenvalue weighted by molar-refractivity contribution is 7.92. The fourth-order valence-corrected chi connectivity index (χ4v) is 5.85. The molecule has 2 aromatic rings. The van der Waals surface area contributed by atoms with Crippen molar-refractivity contribution in [2.45, 2.75) is 64.5 Å². The fourth-order valence-electron chi connectivity index (χ4n) is 4.38. The van der Waals surface area contributed by atoms with Crippen molar-refractivity contribution in [1.82, 2.24) is 5.32 Å².